The van der Waals surface area contributed by atoms with Gasteiger partial charge in [0.2, 0.25) is 0 Å². The molecule has 1 aromatic heterocycles. The average molecular weight is 484 g/mol. The van der Waals surface area contributed by atoms with Crippen LogP contribution in [0.15, 0.2) is 84.6 Å². The number of amides is 4. The molecule has 0 saturated carbocycles. The number of benzene rings is 3. The summed E-state index contributed by atoms with van der Waals surface area (Å²) in [6, 6.07) is 17.4. The highest BCUT2D eigenvalue weighted by Gasteiger charge is 2.37. The third-order valence-electron chi connectivity index (χ3n) is 5.81. The molecule has 1 aliphatic rings. The molecule has 0 radical (unpaired) electrons. The predicted molar refractivity (Wildman–Crippen MR) is 130 cm³/mol. The first-order chi connectivity index (χ1) is 17.3. The van der Waals surface area contributed by atoms with Gasteiger partial charge in [-0.1, -0.05) is 30.3 Å². The molecule has 4 amide bonds. The van der Waals surface area contributed by atoms with E-state index >= 15 is 0 Å². The standard InChI is InChI=1S/C26H17FN4O5/c27-18-7-11-19(12-8-18)30-25(33)22(24(32)28-26(30)34)13-17-15-29(23-4-2-1-3-21(17)23)14-16-5-9-20(10-6-16)31(35)36/h1-13,15H,14H2,(H,28,32,34). The van der Waals surface area contributed by atoms with Crippen molar-refractivity contribution >= 4 is 46.2 Å². The molecule has 2 heterocycles. The molecular weight excluding hydrogens is 467 g/mol. The van der Waals surface area contributed by atoms with Crippen molar-refractivity contribution in [1.82, 2.24) is 9.88 Å². The fraction of sp³-hybridized carbons (Fsp3) is 0.0385. The van der Waals surface area contributed by atoms with Gasteiger partial charge >= 0.3 is 6.03 Å². The number of nitro benzene ring substituents is 1. The van der Waals surface area contributed by atoms with Crippen LogP contribution in [0.3, 0.4) is 0 Å². The van der Waals surface area contributed by atoms with E-state index < -0.39 is 28.6 Å². The number of hydrogen-bond acceptors (Lipinski definition) is 5. The van der Waals surface area contributed by atoms with Crippen molar-refractivity contribution in [3.05, 3.63) is 112 Å². The van der Waals surface area contributed by atoms with Gasteiger partial charge in [0, 0.05) is 41.3 Å². The van der Waals surface area contributed by atoms with Crippen molar-refractivity contribution < 1.29 is 23.7 Å². The molecule has 4 aromatic rings. The Morgan fingerprint density at radius 1 is 0.944 bits per heavy atom. The van der Waals surface area contributed by atoms with Crippen molar-refractivity contribution in [3.8, 4) is 0 Å². The lowest BCUT2D eigenvalue weighted by atomic mass is 10.1. The first-order valence-corrected chi connectivity index (χ1v) is 10.8. The number of hydrogen-bond donors (Lipinski definition) is 1. The number of non-ortho nitro benzene ring substituents is 1. The topological polar surface area (TPSA) is 115 Å². The molecule has 9 nitrogen and oxygen atoms in total. The lowest BCUT2D eigenvalue weighted by molar-refractivity contribution is -0.384. The van der Waals surface area contributed by atoms with Gasteiger partial charge in [0.15, 0.2) is 0 Å². The van der Waals surface area contributed by atoms with Crippen LogP contribution in [0, 0.1) is 15.9 Å². The monoisotopic (exact) mass is 484 g/mol. The molecule has 0 spiro atoms. The van der Waals surface area contributed by atoms with Gasteiger partial charge < -0.3 is 4.57 Å². The number of fused-ring (bicyclic) bond motifs is 1. The molecule has 0 unspecified atom stereocenters. The minimum Gasteiger partial charge on any atom is -0.342 e. The Hall–Kier alpha value is -5.12. The number of urea groups is 1. The number of nitro groups is 1. The predicted octanol–water partition coefficient (Wildman–Crippen LogP) is 4.40. The summed E-state index contributed by atoms with van der Waals surface area (Å²) >= 11 is 0. The van der Waals surface area contributed by atoms with Gasteiger partial charge in [-0.15, -0.1) is 0 Å². The fourth-order valence-electron chi connectivity index (χ4n) is 4.08. The molecule has 36 heavy (non-hydrogen) atoms. The SMILES string of the molecule is O=C1NC(=O)N(c2ccc(F)cc2)C(=O)C1=Cc1cn(Cc2ccc([N+](=O)[O-])cc2)c2ccccc12. The second-order valence-corrected chi connectivity index (χ2v) is 8.09. The van der Waals surface area contributed by atoms with Crippen LogP contribution in [0.5, 0.6) is 0 Å². The number of carbonyl (C=O) groups excluding carboxylic acids is 3. The van der Waals surface area contributed by atoms with E-state index in [9.17, 15) is 28.9 Å². The van der Waals surface area contributed by atoms with E-state index in [1.807, 2.05) is 28.8 Å². The van der Waals surface area contributed by atoms with E-state index in [0.717, 1.165) is 33.5 Å². The van der Waals surface area contributed by atoms with Crippen LogP contribution in [0.4, 0.5) is 20.6 Å². The number of carbonyl (C=O) groups is 3. The third-order valence-corrected chi connectivity index (χ3v) is 5.81. The number of aromatic nitrogens is 1. The molecule has 1 N–H and O–H groups in total. The van der Waals surface area contributed by atoms with Gasteiger partial charge in [-0.2, -0.15) is 0 Å². The summed E-state index contributed by atoms with van der Waals surface area (Å²) in [6.07, 6.45) is 3.17. The quantitative estimate of drug-likeness (QED) is 0.195. The highest BCUT2D eigenvalue weighted by Crippen LogP contribution is 2.27. The van der Waals surface area contributed by atoms with Crippen LogP contribution in [-0.2, 0) is 16.1 Å². The summed E-state index contributed by atoms with van der Waals surface area (Å²) in [4.78, 5) is 49.4. The second kappa shape index (κ2) is 8.91. The maximum absolute atomic E-state index is 13.3. The molecule has 1 aliphatic heterocycles. The summed E-state index contributed by atoms with van der Waals surface area (Å²) in [5, 5.41) is 13.8. The first-order valence-electron chi connectivity index (χ1n) is 10.8. The fourth-order valence-corrected chi connectivity index (χ4v) is 4.08. The van der Waals surface area contributed by atoms with Gasteiger partial charge in [-0.05, 0) is 42.0 Å². The number of halogens is 1. The largest absolute Gasteiger partial charge is 0.342 e. The lowest BCUT2D eigenvalue weighted by Gasteiger charge is -2.26. The van der Waals surface area contributed by atoms with Crippen molar-refractivity contribution in [3.63, 3.8) is 0 Å². The van der Waals surface area contributed by atoms with Gasteiger partial charge in [-0.25, -0.2) is 14.1 Å². The number of nitrogens with zero attached hydrogens (tertiary/aromatic N) is 3. The maximum atomic E-state index is 13.3. The zero-order valence-corrected chi connectivity index (χ0v) is 18.6. The first kappa shape index (κ1) is 22.7. The van der Waals surface area contributed by atoms with Crippen LogP contribution >= 0.6 is 0 Å². The van der Waals surface area contributed by atoms with Gasteiger partial charge in [0.25, 0.3) is 17.5 Å². The number of para-hydroxylation sites is 1. The highest BCUT2D eigenvalue weighted by molar-refractivity contribution is 6.39. The van der Waals surface area contributed by atoms with Crippen LogP contribution in [0.2, 0.25) is 0 Å². The Kier molecular flexibility index (Phi) is 5.61. The molecule has 178 valence electrons. The van der Waals surface area contributed by atoms with Crippen molar-refractivity contribution in [2.24, 2.45) is 0 Å². The van der Waals surface area contributed by atoms with Crippen molar-refractivity contribution in [2.75, 3.05) is 4.90 Å². The van der Waals surface area contributed by atoms with E-state index in [2.05, 4.69) is 5.32 Å². The van der Waals surface area contributed by atoms with Gasteiger partial charge in [0.05, 0.1) is 10.6 Å². The minimum atomic E-state index is -0.922. The average Bonchev–Trinajstić information content (AvgIpc) is 3.20. The Morgan fingerprint density at radius 3 is 2.33 bits per heavy atom. The minimum absolute atomic E-state index is 0.0105. The van der Waals surface area contributed by atoms with Crippen molar-refractivity contribution in [1.29, 1.82) is 0 Å². The Balaban J connectivity index is 1.53. The van der Waals surface area contributed by atoms with E-state index in [-0.39, 0.29) is 16.9 Å². The van der Waals surface area contributed by atoms with Crippen molar-refractivity contribution in [2.45, 2.75) is 6.54 Å². The second-order valence-electron chi connectivity index (χ2n) is 8.09. The summed E-state index contributed by atoms with van der Waals surface area (Å²) < 4.78 is 15.2. The summed E-state index contributed by atoms with van der Waals surface area (Å²) in [5.74, 6) is -2.20. The van der Waals surface area contributed by atoms with E-state index in [1.54, 1.807) is 18.3 Å². The van der Waals surface area contributed by atoms with E-state index in [0.29, 0.717) is 12.1 Å². The Morgan fingerprint density at radius 2 is 1.64 bits per heavy atom. The van der Waals surface area contributed by atoms with Crippen LogP contribution in [0.25, 0.3) is 17.0 Å². The maximum Gasteiger partial charge on any atom is 0.335 e. The zero-order chi connectivity index (χ0) is 25.4. The molecule has 5 rings (SSSR count). The third kappa shape index (κ3) is 4.11. The Labute approximate surface area is 203 Å². The van der Waals surface area contributed by atoms with E-state index in [1.165, 1.54) is 30.3 Å². The van der Waals surface area contributed by atoms with Gasteiger partial charge in [0.1, 0.15) is 11.4 Å². The molecule has 0 atom stereocenters. The lowest BCUT2D eigenvalue weighted by Crippen LogP contribution is -2.54. The zero-order valence-electron chi connectivity index (χ0n) is 18.6. The highest BCUT2D eigenvalue weighted by atomic mass is 19.1. The van der Waals surface area contributed by atoms with E-state index in [4.69, 9.17) is 0 Å². The molecule has 3 aromatic carbocycles. The summed E-state index contributed by atoms with van der Waals surface area (Å²) in [7, 11) is 0. The number of nitrogens with one attached hydrogen (secondary N) is 1. The van der Waals surface area contributed by atoms with Crippen LogP contribution < -0.4 is 10.2 Å². The molecule has 0 aliphatic carbocycles. The summed E-state index contributed by atoms with van der Waals surface area (Å²) in [5.41, 5.74) is 2.07. The molecule has 1 fully saturated rings. The number of rotatable bonds is 5. The molecular formula is C26H17FN4O5. The van der Waals surface area contributed by atoms with Gasteiger partial charge in [-0.3, -0.25) is 25.0 Å². The molecule has 1 saturated heterocycles. The normalized spacial score (nSPS) is 15.0. The molecule has 0 bridgehead atoms. The van der Waals surface area contributed by atoms with Crippen LogP contribution in [0.1, 0.15) is 11.1 Å². The number of barbiturate groups is 1. The van der Waals surface area contributed by atoms with Crippen LogP contribution in [-0.4, -0.2) is 27.3 Å². The smallest absolute Gasteiger partial charge is 0.335 e. The number of anilines is 1. The number of imide groups is 2. The molecule has 10 heteroatoms. The summed E-state index contributed by atoms with van der Waals surface area (Å²) in [6.45, 7) is 0.391. The Bertz CT molecular complexity index is 1570.